The number of morpholine rings is 1. The minimum atomic E-state index is 0.579. The minimum Gasteiger partial charge on any atom is -0.378 e. The fraction of sp³-hybridized carbons (Fsp3) is 0.320. The van der Waals surface area contributed by atoms with Crippen LogP contribution in [-0.2, 0) is 11.2 Å². The van der Waals surface area contributed by atoms with Gasteiger partial charge in [-0.25, -0.2) is 9.97 Å². The van der Waals surface area contributed by atoms with Crippen molar-refractivity contribution in [2.75, 3.05) is 48.0 Å². The second-order valence-corrected chi connectivity index (χ2v) is 9.26. The quantitative estimate of drug-likeness (QED) is 0.434. The molecular weight excluding hydrogens is 432 g/mol. The van der Waals surface area contributed by atoms with E-state index in [2.05, 4.69) is 57.8 Å². The van der Waals surface area contributed by atoms with E-state index in [0.717, 1.165) is 72.5 Å². The van der Waals surface area contributed by atoms with E-state index in [1.165, 1.54) is 11.3 Å². The predicted molar refractivity (Wildman–Crippen MR) is 131 cm³/mol. The van der Waals surface area contributed by atoms with Crippen LogP contribution in [0, 0.1) is 18.4 Å². The molecule has 168 valence electrons. The number of anilines is 4. The molecule has 0 radical (unpaired) electrons. The molecule has 0 unspecified atom stereocenters. The zero-order chi connectivity index (χ0) is 22.6. The number of hydrogen-bond donors (Lipinski definition) is 1. The summed E-state index contributed by atoms with van der Waals surface area (Å²) in [5.74, 6) is 0.579. The van der Waals surface area contributed by atoms with Crippen molar-refractivity contribution in [3.63, 3.8) is 0 Å². The van der Waals surface area contributed by atoms with Crippen LogP contribution in [0.25, 0.3) is 0 Å². The molecule has 0 bridgehead atoms. The number of hydrogen-bond acceptors (Lipinski definition) is 8. The van der Waals surface area contributed by atoms with Crippen molar-refractivity contribution >= 4 is 34.8 Å². The van der Waals surface area contributed by atoms with Crippen LogP contribution in [-0.4, -0.2) is 42.8 Å². The third kappa shape index (κ3) is 4.90. The van der Waals surface area contributed by atoms with Gasteiger partial charge in [0.25, 0.3) is 0 Å². The molecule has 2 aromatic carbocycles. The van der Waals surface area contributed by atoms with E-state index in [1.54, 1.807) is 16.7 Å². The van der Waals surface area contributed by atoms with Crippen molar-refractivity contribution < 1.29 is 4.74 Å². The molecule has 3 aromatic rings. The molecule has 0 amide bonds. The van der Waals surface area contributed by atoms with E-state index < -0.39 is 0 Å². The third-order valence-electron chi connectivity index (χ3n) is 5.93. The van der Waals surface area contributed by atoms with Gasteiger partial charge < -0.3 is 15.0 Å². The largest absolute Gasteiger partial charge is 0.378 e. The number of fused-ring (bicyclic) bond motifs is 1. The SMILES string of the molecule is Cc1cnc(Nc2ccc(N3CCOCC3)cc2)nc1Sc1ccc2c(c1)CCCN2C#N. The highest BCUT2D eigenvalue weighted by Crippen LogP contribution is 2.35. The van der Waals surface area contributed by atoms with Crippen molar-refractivity contribution in [3.8, 4) is 6.19 Å². The summed E-state index contributed by atoms with van der Waals surface area (Å²) in [6.45, 7) is 6.22. The first-order chi connectivity index (χ1) is 16.2. The van der Waals surface area contributed by atoms with Crippen molar-refractivity contribution in [2.24, 2.45) is 0 Å². The first kappa shape index (κ1) is 21.6. The van der Waals surface area contributed by atoms with Crippen molar-refractivity contribution in [1.29, 1.82) is 5.26 Å². The third-order valence-corrected chi connectivity index (χ3v) is 7.03. The number of nitrogens with zero attached hydrogens (tertiary/aromatic N) is 5. The van der Waals surface area contributed by atoms with Crippen molar-refractivity contribution in [2.45, 2.75) is 29.7 Å². The monoisotopic (exact) mass is 458 g/mol. The Hall–Kier alpha value is -3.28. The molecular formula is C25H26N6OS. The van der Waals surface area contributed by atoms with Gasteiger partial charge in [-0.05, 0) is 67.8 Å². The van der Waals surface area contributed by atoms with E-state index in [1.807, 2.05) is 19.2 Å². The number of nitriles is 1. The maximum absolute atomic E-state index is 9.35. The van der Waals surface area contributed by atoms with Gasteiger partial charge >= 0.3 is 0 Å². The Morgan fingerprint density at radius 2 is 1.91 bits per heavy atom. The average molecular weight is 459 g/mol. The minimum absolute atomic E-state index is 0.579. The van der Waals surface area contributed by atoms with Gasteiger partial charge in [0.2, 0.25) is 5.95 Å². The molecule has 5 rings (SSSR count). The lowest BCUT2D eigenvalue weighted by molar-refractivity contribution is 0.122. The molecule has 3 heterocycles. The van der Waals surface area contributed by atoms with Gasteiger partial charge in [0, 0.05) is 47.7 Å². The van der Waals surface area contributed by atoms with Gasteiger partial charge in [0.05, 0.1) is 18.9 Å². The Kier molecular flexibility index (Phi) is 6.33. The van der Waals surface area contributed by atoms with Crippen LogP contribution in [0.15, 0.2) is 58.6 Å². The number of benzene rings is 2. The van der Waals surface area contributed by atoms with E-state index in [-0.39, 0.29) is 0 Å². The van der Waals surface area contributed by atoms with Crippen LogP contribution < -0.4 is 15.1 Å². The highest BCUT2D eigenvalue weighted by molar-refractivity contribution is 7.99. The summed E-state index contributed by atoms with van der Waals surface area (Å²) < 4.78 is 5.44. The zero-order valence-electron chi connectivity index (χ0n) is 18.6. The number of nitrogens with one attached hydrogen (secondary N) is 1. The maximum atomic E-state index is 9.35. The Bertz CT molecular complexity index is 1170. The first-order valence-corrected chi connectivity index (χ1v) is 12.0. The number of ether oxygens (including phenoxy) is 1. The standard InChI is InChI=1S/C25H26N6OS/c1-18-16-27-25(28-20-4-6-21(7-5-20)30-11-13-32-14-12-30)29-24(18)33-22-8-9-23-19(15-22)3-2-10-31(23)17-26/h4-9,15-16H,2-3,10-14H2,1H3,(H,27,28,29). The summed E-state index contributed by atoms with van der Waals surface area (Å²) in [6.07, 6.45) is 6.13. The molecule has 7 nitrogen and oxygen atoms in total. The van der Waals surface area contributed by atoms with Crippen LogP contribution in [0.5, 0.6) is 0 Å². The molecule has 1 aromatic heterocycles. The summed E-state index contributed by atoms with van der Waals surface area (Å²) in [6, 6.07) is 14.7. The van der Waals surface area contributed by atoms with Gasteiger partial charge in [-0.15, -0.1) is 0 Å². The molecule has 8 heteroatoms. The lowest BCUT2D eigenvalue weighted by Crippen LogP contribution is -2.36. The highest BCUT2D eigenvalue weighted by atomic mass is 32.2. The molecule has 0 spiro atoms. The molecule has 33 heavy (non-hydrogen) atoms. The molecule has 0 saturated carbocycles. The summed E-state index contributed by atoms with van der Waals surface area (Å²) >= 11 is 1.63. The van der Waals surface area contributed by atoms with E-state index in [4.69, 9.17) is 9.72 Å². The van der Waals surface area contributed by atoms with Crippen LogP contribution in [0.2, 0.25) is 0 Å². The predicted octanol–water partition coefficient (Wildman–Crippen LogP) is 4.75. The molecule has 2 aliphatic rings. The summed E-state index contributed by atoms with van der Waals surface area (Å²) in [5, 5.41) is 13.6. The van der Waals surface area contributed by atoms with Crippen LogP contribution in [0.3, 0.4) is 0 Å². The first-order valence-electron chi connectivity index (χ1n) is 11.2. The highest BCUT2D eigenvalue weighted by Gasteiger charge is 2.17. The van der Waals surface area contributed by atoms with Crippen molar-refractivity contribution in [3.05, 3.63) is 59.8 Å². The average Bonchev–Trinajstić information content (AvgIpc) is 2.86. The molecule has 1 saturated heterocycles. The zero-order valence-corrected chi connectivity index (χ0v) is 19.4. The van der Waals surface area contributed by atoms with Gasteiger partial charge in [-0.1, -0.05) is 11.8 Å². The lowest BCUT2D eigenvalue weighted by Gasteiger charge is -2.28. The van der Waals surface area contributed by atoms with E-state index in [9.17, 15) is 5.26 Å². The fourth-order valence-corrected chi connectivity index (χ4v) is 5.06. The van der Waals surface area contributed by atoms with Gasteiger partial charge in [0.15, 0.2) is 6.19 Å². The maximum Gasteiger partial charge on any atom is 0.228 e. The van der Waals surface area contributed by atoms with E-state index in [0.29, 0.717) is 5.95 Å². The Balaban J connectivity index is 1.30. The smallest absolute Gasteiger partial charge is 0.228 e. The summed E-state index contributed by atoms with van der Waals surface area (Å²) in [7, 11) is 0. The van der Waals surface area contributed by atoms with Crippen LogP contribution in [0.1, 0.15) is 17.5 Å². The second-order valence-electron chi connectivity index (χ2n) is 8.20. The van der Waals surface area contributed by atoms with Crippen LogP contribution in [0.4, 0.5) is 23.0 Å². The van der Waals surface area contributed by atoms with Gasteiger partial charge in [0.1, 0.15) is 5.03 Å². The normalized spacial score (nSPS) is 15.6. The molecule has 0 aliphatic carbocycles. The van der Waals surface area contributed by atoms with E-state index >= 15 is 0 Å². The number of aromatic nitrogens is 2. The fourth-order valence-electron chi connectivity index (χ4n) is 4.15. The number of rotatable bonds is 5. The van der Waals surface area contributed by atoms with Crippen LogP contribution >= 0.6 is 11.8 Å². The Morgan fingerprint density at radius 1 is 1.09 bits per heavy atom. The second kappa shape index (κ2) is 9.69. The summed E-state index contributed by atoms with van der Waals surface area (Å²) in [4.78, 5) is 14.5. The van der Waals surface area contributed by atoms with Gasteiger partial charge in [-0.3, -0.25) is 4.90 Å². The Morgan fingerprint density at radius 3 is 2.70 bits per heavy atom. The topological polar surface area (TPSA) is 77.3 Å². The molecule has 1 N–H and O–H groups in total. The van der Waals surface area contributed by atoms with Gasteiger partial charge in [-0.2, -0.15) is 5.26 Å². The lowest BCUT2D eigenvalue weighted by atomic mass is 10.0. The molecule has 1 fully saturated rings. The molecule has 0 atom stereocenters. The number of aryl methyl sites for hydroxylation is 2. The van der Waals surface area contributed by atoms with Crippen molar-refractivity contribution in [1.82, 2.24) is 9.97 Å². The summed E-state index contributed by atoms with van der Waals surface area (Å²) in [5.41, 5.74) is 5.43. The molecule has 2 aliphatic heterocycles. The Labute approximate surface area is 198 Å².